The van der Waals surface area contributed by atoms with Gasteiger partial charge in [0.25, 0.3) is 5.91 Å². The lowest BCUT2D eigenvalue weighted by atomic mass is 10.2. The molecule has 0 radical (unpaired) electrons. The Kier molecular flexibility index (Phi) is 4.65. The van der Waals surface area contributed by atoms with Gasteiger partial charge in [-0.3, -0.25) is 4.79 Å². The van der Waals surface area contributed by atoms with Crippen molar-refractivity contribution in [3.8, 4) is 6.07 Å². The molecule has 0 spiro atoms. The molecule has 0 bridgehead atoms. The van der Waals surface area contributed by atoms with Crippen LogP contribution in [0.2, 0.25) is 0 Å². The quantitative estimate of drug-likeness (QED) is 0.798. The summed E-state index contributed by atoms with van der Waals surface area (Å²) in [7, 11) is 0. The highest BCUT2D eigenvalue weighted by atomic mass is 16.2. The van der Waals surface area contributed by atoms with E-state index < -0.39 is 0 Å². The van der Waals surface area contributed by atoms with Crippen molar-refractivity contribution in [2.24, 2.45) is 0 Å². The molecule has 1 rings (SSSR count). The zero-order valence-electron chi connectivity index (χ0n) is 10.5. The second kappa shape index (κ2) is 6.00. The average molecular weight is 231 g/mol. The molecule has 4 heteroatoms. The van der Waals surface area contributed by atoms with Gasteiger partial charge in [0.2, 0.25) is 0 Å². The lowest BCUT2D eigenvalue weighted by Gasteiger charge is -2.26. The maximum absolute atomic E-state index is 12.2. The minimum atomic E-state index is -0.0775. The van der Waals surface area contributed by atoms with Crippen LogP contribution in [-0.4, -0.2) is 28.4 Å². The van der Waals surface area contributed by atoms with Crippen LogP contribution in [0, 0.1) is 11.3 Å². The minimum Gasteiger partial charge on any atom is -0.335 e. The molecule has 1 amide bonds. The summed E-state index contributed by atoms with van der Waals surface area (Å²) in [5, 5.41) is 8.66. The number of nitrogens with zero attached hydrogens (tertiary/aromatic N) is 3. The van der Waals surface area contributed by atoms with Gasteiger partial charge >= 0.3 is 0 Å². The van der Waals surface area contributed by atoms with Gasteiger partial charge < -0.3 is 4.90 Å². The van der Waals surface area contributed by atoms with Crippen LogP contribution in [0.25, 0.3) is 0 Å². The highest BCUT2D eigenvalue weighted by molar-refractivity contribution is 5.92. The van der Waals surface area contributed by atoms with E-state index in [0.29, 0.717) is 17.8 Å². The molecule has 0 saturated carbocycles. The first kappa shape index (κ1) is 13.2. The molecule has 1 heterocycles. The highest BCUT2D eigenvalue weighted by Crippen LogP contribution is 2.09. The van der Waals surface area contributed by atoms with E-state index in [1.54, 1.807) is 17.0 Å². The van der Waals surface area contributed by atoms with E-state index in [2.05, 4.69) is 4.98 Å². The standard InChI is InChI=1S/C13H17N3O/c1-4-10(3)16(5-2)13(17)12-7-6-11(8-14)9-15-12/h6-7,9-10H,4-5H2,1-3H3. The molecule has 1 aromatic heterocycles. The number of nitriles is 1. The van der Waals surface area contributed by atoms with Crippen molar-refractivity contribution in [1.82, 2.24) is 9.88 Å². The summed E-state index contributed by atoms with van der Waals surface area (Å²) < 4.78 is 0. The number of carbonyl (C=O) groups is 1. The number of hydrogen-bond acceptors (Lipinski definition) is 3. The van der Waals surface area contributed by atoms with Crippen molar-refractivity contribution in [1.29, 1.82) is 5.26 Å². The SMILES string of the molecule is CCC(C)N(CC)C(=O)c1ccc(C#N)cn1. The minimum absolute atomic E-state index is 0.0775. The van der Waals surface area contributed by atoms with Crippen LogP contribution in [0.5, 0.6) is 0 Å². The topological polar surface area (TPSA) is 57.0 Å². The molecule has 0 fully saturated rings. The van der Waals surface area contributed by atoms with Gasteiger partial charge in [0.15, 0.2) is 0 Å². The molecule has 1 aromatic rings. The van der Waals surface area contributed by atoms with Crippen molar-refractivity contribution in [2.75, 3.05) is 6.54 Å². The van der Waals surface area contributed by atoms with Crippen LogP contribution < -0.4 is 0 Å². The van der Waals surface area contributed by atoms with Crippen molar-refractivity contribution < 1.29 is 4.79 Å². The summed E-state index contributed by atoms with van der Waals surface area (Å²) in [6, 6.07) is 5.40. The van der Waals surface area contributed by atoms with Crippen molar-refractivity contribution in [2.45, 2.75) is 33.2 Å². The first-order chi connectivity index (χ1) is 8.13. The lowest BCUT2D eigenvalue weighted by molar-refractivity contribution is 0.0694. The lowest BCUT2D eigenvalue weighted by Crippen LogP contribution is -2.38. The number of amides is 1. The van der Waals surface area contributed by atoms with E-state index >= 15 is 0 Å². The van der Waals surface area contributed by atoms with E-state index in [1.807, 2.05) is 26.8 Å². The largest absolute Gasteiger partial charge is 0.335 e. The molecule has 0 aliphatic rings. The Morgan fingerprint density at radius 3 is 2.65 bits per heavy atom. The van der Waals surface area contributed by atoms with Crippen molar-refractivity contribution >= 4 is 5.91 Å². The number of carbonyl (C=O) groups excluding carboxylic acids is 1. The number of pyridine rings is 1. The second-order valence-electron chi connectivity index (χ2n) is 3.89. The average Bonchev–Trinajstić information content (AvgIpc) is 2.39. The number of rotatable bonds is 4. The summed E-state index contributed by atoms with van der Waals surface area (Å²) in [5.41, 5.74) is 0.860. The molecule has 4 nitrogen and oxygen atoms in total. The fourth-order valence-corrected chi connectivity index (χ4v) is 1.61. The predicted molar refractivity (Wildman–Crippen MR) is 65.4 cm³/mol. The Hall–Kier alpha value is -1.89. The van der Waals surface area contributed by atoms with Gasteiger partial charge in [0.05, 0.1) is 5.56 Å². The van der Waals surface area contributed by atoms with Crippen LogP contribution >= 0.6 is 0 Å². The van der Waals surface area contributed by atoms with Gasteiger partial charge in [-0.15, -0.1) is 0 Å². The molecule has 17 heavy (non-hydrogen) atoms. The zero-order chi connectivity index (χ0) is 12.8. The fourth-order valence-electron chi connectivity index (χ4n) is 1.61. The third kappa shape index (κ3) is 3.04. The van der Waals surface area contributed by atoms with Crippen LogP contribution in [-0.2, 0) is 0 Å². The summed E-state index contributed by atoms with van der Waals surface area (Å²) >= 11 is 0. The van der Waals surface area contributed by atoms with Gasteiger partial charge in [-0.1, -0.05) is 6.92 Å². The summed E-state index contributed by atoms with van der Waals surface area (Å²) in [6.07, 6.45) is 2.34. The molecule has 0 aliphatic heterocycles. The second-order valence-corrected chi connectivity index (χ2v) is 3.89. The molecular formula is C13H17N3O. The van der Waals surface area contributed by atoms with Crippen LogP contribution in [0.4, 0.5) is 0 Å². The smallest absolute Gasteiger partial charge is 0.272 e. The van der Waals surface area contributed by atoms with E-state index in [-0.39, 0.29) is 11.9 Å². The van der Waals surface area contributed by atoms with Crippen LogP contribution in [0.15, 0.2) is 18.3 Å². The molecule has 1 unspecified atom stereocenters. The Balaban J connectivity index is 2.90. The van der Waals surface area contributed by atoms with Crippen molar-refractivity contribution in [3.63, 3.8) is 0 Å². The Morgan fingerprint density at radius 2 is 2.24 bits per heavy atom. The molecule has 1 atom stereocenters. The third-order valence-electron chi connectivity index (χ3n) is 2.84. The summed E-state index contributed by atoms with van der Waals surface area (Å²) in [6.45, 7) is 6.68. The summed E-state index contributed by atoms with van der Waals surface area (Å²) in [4.78, 5) is 18.0. The van der Waals surface area contributed by atoms with E-state index in [9.17, 15) is 4.79 Å². The normalized spacial score (nSPS) is 11.6. The van der Waals surface area contributed by atoms with E-state index in [4.69, 9.17) is 5.26 Å². The predicted octanol–water partition coefficient (Wildman–Crippen LogP) is 2.21. The number of aromatic nitrogens is 1. The van der Waals surface area contributed by atoms with Gasteiger partial charge in [-0.05, 0) is 32.4 Å². The maximum Gasteiger partial charge on any atom is 0.272 e. The van der Waals surface area contributed by atoms with E-state index in [0.717, 1.165) is 6.42 Å². The zero-order valence-corrected chi connectivity index (χ0v) is 10.5. The van der Waals surface area contributed by atoms with Gasteiger partial charge in [-0.25, -0.2) is 4.98 Å². The van der Waals surface area contributed by atoms with Crippen LogP contribution in [0.3, 0.4) is 0 Å². The molecule has 90 valence electrons. The van der Waals surface area contributed by atoms with Crippen LogP contribution in [0.1, 0.15) is 43.2 Å². The molecule has 0 aromatic carbocycles. The monoisotopic (exact) mass is 231 g/mol. The molecule has 0 saturated heterocycles. The van der Waals surface area contributed by atoms with Gasteiger partial charge in [0.1, 0.15) is 11.8 Å². The Bertz CT molecular complexity index is 419. The van der Waals surface area contributed by atoms with Crippen molar-refractivity contribution in [3.05, 3.63) is 29.6 Å². The molecular weight excluding hydrogens is 214 g/mol. The summed E-state index contributed by atoms with van der Waals surface area (Å²) in [5.74, 6) is -0.0775. The van der Waals surface area contributed by atoms with Gasteiger partial charge in [0, 0.05) is 18.8 Å². The first-order valence-electron chi connectivity index (χ1n) is 5.81. The maximum atomic E-state index is 12.2. The Labute approximate surface area is 102 Å². The van der Waals surface area contributed by atoms with Gasteiger partial charge in [-0.2, -0.15) is 5.26 Å². The number of hydrogen-bond donors (Lipinski definition) is 0. The first-order valence-corrected chi connectivity index (χ1v) is 5.81. The molecule has 0 aliphatic carbocycles. The van der Waals surface area contributed by atoms with E-state index in [1.165, 1.54) is 6.20 Å². The fraction of sp³-hybridized carbons (Fsp3) is 0.462. The Morgan fingerprint density at radius 1 is 1.53 bits per heavy atom. The highest BCUT2D eigenvalue weighted by Gasteiger charge is 2.19. The molecule has 0 N–H and O–H groups in total. The third-order valence-corrected chi connectivity index (χ3v) is 2.84.